The molecule has 1 nitrogen and oxygen atoms in total. The van der Waals surface area contributed by atoms with Gasteiger partial charge in [-0.05, 0) is 34.5 Å². The van der Waals surface area contributed by atoms with Crippen LogP contribution >= 0.6 is 0 Å². The molecule has 0 N–H and O–H groups in total. The molecule has 1 heterocycles. The van der Waals surface area contributed by atoms with E-state index in [0.29, 0.717) is 5.92 Å². The van der Waals surface area contributed by atoms with Gasteiger partial charge in [0.05, 0.1) is 0 Å². The van der Waals surface area contributed by atoms with Crippen molar-refractivity contribution in [3.63, 3.8) is 0 Å². The normalized spacial score (nSPS) is 18.1. The maximum Gasteiger partial charge on any atom is 0.123 e. The fourth-order valence-electron chi connectivity index (χ4n) is 2.96. The van der Waals surface area contributed by atoms with E-state index in [1.54, 1.807) is 12.1 Å². The Bertz CT molecular complexity index is 618. The van der Waals surface area contributed by atoms with Crippen LogP contribution in [0.3, 0.4) is 0 Å². The van der Waals surface area contributed by atoms with E-state index in [2.05, 4.69) is 24.5 Å². The minimum atomic E-state index is -0.170. The Hall–Kier alpha value is -1.83. The highest BCUT2D eigenvalue weighted by Gasteiger charge is 2.26. The van der Waals surface area contributed by atoms with E-state index >= 15 is 0 Å². The first-order valence-electron chi connectivity index (χ1n) is 6.28. The Labute approximate surface area is 107 Å². The quantitative estimate of drug-likeness (QED) is 0.716. The average molecular weight is 241 g/mol. The van der Waals surface area contributed by atoms with E-state index in [0.717, 1.165) is 18.5 Å². The Morgan fingerprint density at radius 1 is 1.39 bits per heavy atom. The fraction of sp³-hybridized carbons (Fsp3) is 0.250. The number of anilines is 1. The van der Waals surface area contributed by atoms with Gasteiger partial charge in [-0.25, -0.2) is 4.39 Å². The molecule has 1 aliphatic rings. The summed E-state index contributed by atoms with van der Waals surface area (Å²) < 4.78 is 13.3. The molecule has 2 aromatic rings. The Balaban J connectivity index is 2.23. The highest BCUT2D eigenvalue weighted by Crippen LogP contribution is 2.40. The summed E-state index contributed by atoms with van der Waals surface area (Å²) >= 11 is 0. The summed E-state index contributed by atoms with van der Waals surface area (Å²) in [5, 5.41) is 2.16. The van der Waals surface area contributed by atoms with Crippen molar-refractivity contribution in [2.75, 3.05) is 18.0 Å². The highest BCUT2D eigenvalue weighted by atomic mass is 19.1. The summed E-state index contributed by atoms with van der Waals surface area (Å²) in [7, 11) is 0. The molecule has 0 spiro atoms. The molecular formula is C16H16FN. The third kappa shape index (κ3) is 1.60. The van der Waals surface area contributed by atoms with Crippen LogP contribution < -0.4 is 4.90 Å². The zero-order valence-electron chi connectivity index (χ0n) is 10.5. The van der Waals surface area contributed by atoms with Crippen molar-refractivity contribution in [3.05, 3.63) is 54.4 Å². The summed E-state index contributed by atoms with van der Waals surface area (Å²) in [5.41, 5.74) is 2.61. The first kappa shape index (κ1) is 11.3. The molecular weight excluding hydrogens is 225 g/mol. The highest BCUT2D eigenvalue weighted by molar-refractivity contribution is 5.92. The largest absolute Gasteiger partial charge is 0.367 e. The predicted octanol–water partition coefficient (Wildman–Crippen LogP) is 4.09. The van der Waals surface area contributed by atoms with Gasteiger partial charge in [0.2, 0.25) is 0 Å². The molecule has 1 atom stereocenters. The molecule has 1 unspecified atom stereocenters. The molecule has 1 aliphatic heterocycles. The van der Waals surface area contributed by atoms with Gasteiger partial charge < -0.3 is 4.90 Å². The second-order valence-electron chi connectivity index (χ2n) is 4.96. The van der Waals surface area contributed by atoms with Crippen LogP contribution in [0, 0.1) is 5.82 Å². The standard InChI is InChI=1S/C16H16FN/c1-3-8-18-10-11(2)16-14-6-5-13(17)9-12(14)4-7-15(16)18/h3-7,9,11H,1,8,10H2,2H3. The van der Waals surface area contributed by atoms with Crippen LogP contribution in [-0.4, -0.2) is 13.1 Å². The summed E-state index contributed by atoms with van der Waals surface area (Å²) in [6, 6.07) is 9.16. The number of hydrogen-bond donors (Lipinski definition) is 0. The SMILES string of the molecule is C=CCN1CC(C)c2c1ccc1cc(F)ccc21. The van der Waals surface area contributed by atoms with E-state index in [9.17, 15) is 4.39 Å². The number of rotatable bonds is 2. The predicted molar refractivity (Wildman–Crippen MR) is 74.7 cm³/mol. The summed E-state index contributed by atoms with van der Waals surface area (Å²) in [6.45, 7) is 7.91. The minimum Gasteiger partial charge on any atom is -0.367 e. The zero-order valence-corrected chi connectivity index (χ0v) is 10.5. The molecule has 2 heteroatoms. The lowest BCUT2D eigenvalue weighted by Gasteiger charge is -2.17. The van der Waals surface area contributed by atoms with E-state index in [-0.39, 0.29) is 5.82 Å². The number of nitrogens with zero attached hydrogens (tertiary/aromatic N) is 1. The third-order valence-electron chi connectivity index (χ3n) is 3.68. The third-order valence-corrected chi connectivity index (χ3v) is 3.68. The molecule has 0 radical (unpaired) electrons. The molecule has 0 saturated heterocycles. The number of fused-ring (bicyclic) bond motifs is 3. The van der Waals surface area contributed by atoms with Crippen LogP contribution in [0.2, 0.25) is 0 Å². The van der Waals surface area contributed by atoms with Gasteiger partial charge in [0.1, 0.15) is 5.82 Å². The summed E-state index contributed by atoms with van der Waals surface area (Å²) in [6.07, 6.45) is 1.93. The lowest BCUT2D eigenvalue weighted by Crippen LogP contribution is -2.20. The first-order chi connectivity index (χ1) is 8.70. The number of hydrogen-bond acceptors (Lipinski definition) is 1. The number of benzene rings is 2. The van der Waals surface area contributed by atoms with Crippen molar-refractivity contribution in [2.24, 2.45) is 0 Å². The van der Waals surface area contributed by atoms with Crippen molar-refractivity contribution < 1.29 is 4.39 Å². The molecule has 92 valence electrons. The van der Waals surface area contributed by atoms with E-state index in [1.165, 1.54) is 16.6 Å². The van der Waals surface area contributed by atoms with Gasteiger partial charge in [-0.15, -0.1) is 6.58 Å². The van der Waals surface area contributed by atoms with Gasteiger partial charge >= 0.3 is 0 Å². The Morgan fingerprint density at radius 3 is 3.00 bits per heavy atom. The maximum absolute atomic E-state index is 13.3. The van der Waals surface area contributed by atoms with Crippen LogP contribution in [0.5, 0.6) is 0 Å². The van der Waals surface area contributed by atoms with E-state index < -0.39 is 0 Å². The second kappa shape index (κ2) is 4.13. The van der Waals surface area contributed by atoms with Crippen LogP contribution in [0.25, 0.3) is 10.8 Å². The first-order valence-corrected chi connectivity index (χ1v) is 6.28. The van der Waals surface area contributed by atoms with Crippen LogP contribution in [0.15, 0.2) is 43.0 Å². The van der Waals surface area contributed by atoms with Crippen molar-refractivity contribution in [1.82, 2.24) is 0 Å². The van der Waals surface area contributed by atoms with Crippen molar-refractivity contribution in [2.45, 2.75) is 12.8 Å². The Kier molecular flexibility index (Phi) is 2.58. The maximum atomic E-state index is 13.3. The minimum absolute atomic E-state index is 0.170. The molecule has 0 aromatic heterocycles. The van der Waals surface area contributed by atoms with E-state index in [4.69, 9.17) is 0 Å². The summed E-state index contributed by atoms with van der Waals surface area (Å²) in [5.74, 6) is 0.310. The smallest absolute Gasteiger partial charge is 0.123 e. The molecule has 0 amide bonds. The average Bonchev–Trinajstić information content (AvgIpc) is 2.67. The van der Waals surface area contributed by atoms with Crippen molar-refractivity contribution in [3.8, 4) is 0 Å². The van der Waals surface area contributed by atoms with Crippen molar-refractivity contribution >= 4 is 16.5 Å². The zero-order chi connectivity index (χ0) is 12.7. The second-order valence-corrected chi connectivity index (χ2v) is 4.96. The van der Waals surface area contributed by atoms with Gasteiger partial charge in [0.25, 0.3) is 0 Å². The van der Waals surface area contributed by atoms with E-state index in [1.807, 2.05) is 18.2 Å². The van der Waals surface area contributed by atoms with Crippen molar-refractivity contribution in [1.29, 1.82) is 0 Å². The molecule has 18 heavy (non-hydrogen) atoms. The fourth-order valence-corrected chi connectivity index (χ4v) is 2.96. The number of halogens is 1. The van der Waals surface area contributed by atoms with Gasteiger partial charge in [-0.3, -0.25) is 0 Å². The lowest BCUT2D eigenvalue weighted by molar-refractivity contribution is 0.629. The topological polar surface area (TPSA) is 3.24 Å². The van der Waals surface area contributed by atoms with Crippen LogP contribution in [0.1, 0.15) is 18.4 Å². The van der Waals surface area contributed by atoms with Gasteiger partial charge in [-0.1, -0.05) is 25.1 Å². The van der Waals surface area contributed by atoms with Gasteiger partial charge in [-0.2, -0.15) is 0 Å². The molecule has 0 bridgehead atoms. The molecule has 3 rings (SSSR count). The van der Waals surface area contributed by atoms with Gasteiger partial charge in [0.15, 0.2) is 0 Å². The summed E-state index contributed by atoms with van der Waals surface area (Å²) in [4.78, 5) is 2.33. The molecule has 0 fully saturated rings. The molecule has 0 saturated carbocycles. The Morgan fingerprint density at radius 2 is 2.22 bits per heavy atom. The van der Waals surface area contributed by atoms with Gasteiger partial charge in [0, 0.05) is 24.7 Å². The van der Waals surface area contributed by atoms with Crippen LogP contribution in [0.4, 0.5) is 10.1 Å². The molecule has 2 aromatic carbocycles. The lowest BCUT2D eigenvalue weighted by atomic mass is 9.96. The van der Waals surface area contributed by atoms with Crippen LogP contribution in [-0.2, 0) is 0 Å². The molecule has 0 aliphatic carbocycles. The monoisotopic (exact) mass is 241 g/mol.